The molecule has 0 bridgehead atoms. The molecular weight excluding hydrogens is 148 g/mol. The van der Waals surface area contributed by atoms with Crippen molar-refractivity contribution >= 4 is 5.84 Å². The Bertz CT molecular complexity index is 188. The van der Waals surface area contributed by atoms with Gasteiger partial charge in [-0.1, -0.05) is 27.7 Å². The molecular formula is C10H18N2. The molecule has 0 radical (unpaired) electrons. The molecule has 0 aliphatic carbocycles. The number of hydrogen-bond acceptors (Lipinski definition) is 2. The second-order valence-electron chi connectivity index (χ2n) is 3.87. The van der Waals surface area contributed by atoms with E-state index in [9.17, 15) is 0 Å². The molecule has 0 unspecified atom stereocenters. The molecule has 1 aliphatic heterocycles. The molecule has 0 amide bonds. The van der Waals surface area contributed by atoms with E-state index in [2.05, 4.69) is 44.2 Å². The Hall–Kier alpha value is -0.790. The van der Waals surface area contributed by atoms with Crippen LogP contribution in [0.3, 0.4) is 0 Å². The number of hydrogen-bond donors (Lipinski definition) is 1. The fourth-order valence-electron chi connectivity index (χ4n) is 1.13. The molecule has 1 N–H and O–H groups in total. The summed E-state index contributed by atoms with van der Waals surface area (Å²) < 4.78 is 0. The first kappa shape index (κ1) is 9.30. The van der Waals surface area contributed by atoms with E-state index in [0.29, 0.717) is 11.8 Å². The lowest BCUT2D eigenvalue weighted by Gasteiger charge is -2.19. The Kier molecular flexibility index (Phi) is 2.90. The SMILES string of the molecule is CC(C)C1=CNC(C(C)C)=NC1. The van der Waals surface area contributed by atoms with Crippen molar-refractivity contribution in [3.05, 3.63) is 11.8 Å². The van der Waals surface area contributed by atoms with Crippen molar-refractivity contribution in [3.8, 4) is 0 Å². The highest BCUT2D eigenvalue weighted by atomic mass is 15.0. The molecule has 1 heterocycles. The molecule has 68 valence electrons. The first-order valence-electron chi connectivity index (χ1n) is 4.61. The van der Waals surface area contributed by atoms with E-state index < -0.39 is 0 Å². The highest BCUT2D eigenvalue weighted by Gasteiger charge is 2.10. The second kappa shape index (κ2) is 3.74. The van der Waals surface area contributed by atoms with Gasteiger partial charge in [0.25, 0.3) is 0 Å². The minimum atomic E-state index is 0.509. The van der Waals surface area contributed by atoms with Crippen molar-refractivity contribution < 1.29 is 0 Å². The van der Waals surface area contributed by atoms with Crippen LogP contribution in [0.2, 0.25) is 0 Å². The Labute approximate surface area is 74.8 Å². The monoisotopic (exact) mass is 166 g/mol. The molecule has 2 heteroatoms. The Morgan fingerprint density at radius 3 is 2.25 bits per heavy atom. The summed E-state index contributed by atoms with van der Waals surface area (Å²) in [7, 11) is 0. The standard InChI is InChI=1S/C10H18N2/c1-7(2)9-5-11-10(8(3)4)12-6-9/h5,7-8H,6H2,1-4H3,(H,11,12). The molecule has 0 aromatic carbocycles. The molecule has 0 saturated heterocycles. The molecule has 0 aromatic rings. The zero-order chi connectivity index (χ0) is 9.14. The lowest BCUT2D eigenvalue weighted by atomic mass is 10.0. The summed E-state index contributed by atoms with van der Waals surface area (Å²) in [5.74, 6) is 2.23. The van der Waals surface area contributed by atoms with Crippen molar-refractivity contribution in [1.82, 2.24) is 5.32 Å². The van der Waals surface area contributed by atoms with Gasteiger partial charge in [0.15, 0.2) is 0 Å². The van der Waals surface area contributed by atoms with Gasteiger partial charge in [0.05, 0.1) is 6.54 Å². The van der Waals surface area contributed by atoms with Crippen LogP contribution in [0.4, 0.5) is 0 Å². The third-order valence-corrected chi connectivity index (χ3v) is 2.13. The first-order chi connectivity index (χ1) is 5.61. The normalized spacial score (nSPS) is 17.5. The van der Waals surface area contributed by atoms with E-state index in [4.69, 9.17) is 0 Å². The molecule has 2 nitrogen and oxygen atoms in total. The maximum atomic E-state index is 4.47. The van der Waals surface area contributed by atoms with Gasteiger partial charge in [-0.25, -0.2) is 0 Å². The summed E-state index contributed by atoms with van der Waals surface area (Å²) >= 11 is 0. The maximum absolute atomic E-state index is 4.47. The van der Waals surface area contributed by atoms with E-state index in [1.54, 1.807) is 0 Å². The molecule has 12 heavy (non-hydrogen) atoms. The fourth-order valence-corrected chi connectivity index (χ4v) is 1.13. The summed E-state index contributed by atoms with van der Waals surface area (Å²) in [6.07, 6.45) is 2.10. The van der Waals surface area contributed by atoms with Gasteiger partial charge in [0.2, 0.25) is 0 Å². The summed E-state index contributed by atoms with van der Waals surface area (Å²) in [6, 6.07) is 0. The van der Waals surface area contributed by atoms with Crippen LogP contribution in [0.5, 0.6) is 0 Å². The molecule has 1 aliphatic rings. The van der Waals surface area contributed by atoms with Gasteiger partial charge in [0, 0.05) is 12.1 Å². The average molecular weight is 166 g/mol. The highest BCUT2D eigenvalue weighted by molar-refractivity contribution is 5.85. The molecule has 1 rings (SSSR count). The van der Waals surface area contributed by atoms with Crippen LogP contribution in [0.25, 0.3) is 0 Å². The lowest BCUT2D eigenvalue weighted by Crippen LogP contribution is -2.28. The Balaban J connectivity index is 2.54. The largest absolute Gasteiger partial charge is 0.350 e. The summed E-state index contributed by atoms with van der Waals surface area (Å²) in [6.45, 7) is 9.57. The summed E-state index contributed by atoms with van der Waals surface area (Å²) in [5.41, 5.74) is 1.39. The smallest absolute Gasteiger partial charge is 0.103 e. The van der Waals surface area contributed by atoms with E-state index in [1.165, 1.54) is 5.57 Å². The van der Waals surface area contributed by atoms with Gasteiger partial charge >= 0.3 is 0 Å². The highest BCUT2D eigenvalue weighted by Crippen LogP contribution is 2.12. The molecule has 0 saturated carbocycles. The topological polar surface area (TPSA) is 24.4 Å². The Morgan fingerprint density at radius 2 is 1.92 bits per heavy atom. The number of nitrogens with zero attached hydrogens (tertiary/aromatic N) is 1. The van der Waals surface area contributed by atoms with Crippen molar-refractivity contribution in [3.63, 3.8) is 0 Å². The fraction of sp³-hybridized carbons (Fsp3) is 0.700. The third-order valence-electron chi connectivity index (χ3n) is 2.13. The van der Waals surface area contributed by atoms with Crippen molar-refractivity contribution in [2.75, 3.05) is 6.54 Å². The zero-order valence-electron chi connectivity index (χ0n) is 8.39. The van der Waals surface area contributed by atoms with Crippen molar-refractivity contribution in [1.29, 1.82) is 0 Å². The van der Waals surface area contributed by atoms with Crippen LogP contribution < -0.4 is 5.32 Å². The molecule has 0 spiro atoms. The van der Waals surface area contributed by atoms with Gasteiger partial charge < -0.3 is 5.32 Å². The van der Waals surface area contributed by atoms with E-state index >= 15 is 0 Å². The molecule has 0 aromatic heterocycles. The van der Waals surface area contributed by atoms with Crippen molar-refractivity contribution in [2.24, 2.45) is 16.8 Å². The van der Waals surface area contributed by atoms with Gasteiger partial charge in [0.1, 0.15) is 5.84 Å². The number of amidine groups is 1. The quantitative estimate of drug-likeness (QED) is 0.668. The third kappa shape index (κ3) is 2.10. The maximum Gasteiger partial charge on any atom is 0.103 e. The predicted octanol–water partition coefficient (Wildman–Crippen LogP) is 2.18. The molecule has 0 atom stereocenters. The van der Waals surface area contributed by atoms with Gasteiger partial charge in [-0.3, -0.25) is 4.99 Å². The lowest BCUT2D eigenvalue weighted by molar-refractivity contribution is 0.717. The average Bonchev–Trinajstić information content (AvgIpc) is 2.04. The first-order valence-corrected chi connectivity index (χ1v) is 4.61. The van der Waals surface area contributed by atoms with Crippen LogP contribution in [-0.2, 0) is 0 Å². The Morgan fingerprint density at radius 1 is 1.25 bits per heavy atom. The minimum absolute atomic E-state index is 0.509. The van der Waals surface area contributed by atoms with Crippen LogP contribution in [0, 0.1) is 11.8 Å². The number of rotatable bonds is 2. The summed E-state index contributed by atoms with van der Waals surface area (Å²) in [4.78, 5) is 4.47. The van der Waals surface area contributed by atoms with Gasteiger partial charge in [-0.15, -0.1) is 0 Å². The zero-order valence-corrected chi connectivity index (χ0v) is 8.39. The van der Waals surface area contributed by atoms with Crippen LogP contribution in [0.15, 0.2) is 16.8 Å². The van der Waals surface area contributed by atoms with E-state index in [-0.39, 0.29) is 0 Å². The van der Waals surface area contributed by atoms with Crippen LogP contribution in [0.1, 0.15) is 27.7 Å². The predicted molar refractivity (Wildman–Crippen MR) is 53.2 cm³/mol. The van der Waals surface area contributed by atoms with Gasteiger partial charge in [-0.2, -0.15) is 0 Å². The van der Waals surface area contributed by atoms with E-state index in [0.717, 1.165) is 12.4 Å². The van der Waals surface area contributed by atoms with Crippen LogP contribution in [-0.4, -0.2) is 12.4 Å². The minimum Gasteiger partial charge on any atom is -0.350 e. The molecule has 0 fully saturated rings. The number of aliphatic imine (C=N–C) groups is 1. The van der Waals surface area contributed by atoms with E-state index in [1.807, 2.05) is 0 Å². The van der Waals surface area contributed by atoms with Crippen molar-refractivity contribution in [2.45, 2.75) is 27.7 Å². The second-order valence-corrected chi connectivity index (χ2v) is 3.87. The van der Waals surface area contributed by atoms with Gasteiger partial charge in [-0.05, 0) is 11.5 Å². The van der Waals surface area contributed by atoms with Crippen LogP contribution >= 0.6 is 0 Å². The summed E-state index contributed by atoms with van der Waals surface area (Å²) in [5, 5.41) is 3.24. The number of nitrogens with one attached hydrogen (secondary N) is 1.